The van der Waals surface area contributed by atoms with Crippen molar-refractivity contribution >= 4 is 0 Å². The lowest BCUT2D eigenvalue weighted by molar-refractivity contribution is 0.787. The molecule has 0 bridgehead atoms. The summed E-state index contributed by atoms with van der Waals surface area (Å²) in [6, 6.07) is 10.3. The second kappa shape index (κ2) is 6.30. The number of rotatable bonds is 2. The van der Waals surface area contributed by atoms with Gasteiger partial charge < -0.3 is 0 Å². The molecule has 1 unspecified atom stereocenters. The predicted octanol–water partition coefficient (Wildman–Crippen LogP) is 4.56. The highest BCUT2D eigenvalue weighted by atomic mass is 14.1. The number of hydrogen-bond acceptors (Lipinski definition) is 0. The molecule has 1 aliphatic carbocycles. The molecule has 1 aromatic rings. The fourth-order valence-electron chi connectivity index (χ4n) is 2.24. The smallest absolute Gasteiger partial charge is 0.0386 e. The van der Waals surface area contributed by atoms with Crippen molar-refractivity contribution in [3.05, 3.63) is 47.5 Å². The molecule has 1 aliphatic rings. The van der Waals surface area contributed by atoms with Crippen LogP contribution in [-0.4, -0.2) is 0 Å². The Balaban J connectivity index is 2.05. The Morgan fingerprint density at radius 3 is 2.53 bits per heavy atom. The highest BCUT2D eigenvalue weighted by Gasteiger charge is 2.08. The van der Waals surface area contributed by atoms with Crippen LogP contribution in [0.4, 0.5) is 0 Å². The van der Waals surface area contributed by atoms with Crippen LogP contribution in [0, 0.1) is 17.8 Å². The van der Waals surface area contributed by atoms with Gasteiger partial charge in [0.05, 0.1) is 0 Å². The van der Waals surface area contributed by atoms with E-state index in [1.807, 2.05) is 18.2 Å². The van der Waals surface area contributed by atoms with Crippen molar-refractivity contribution in [2.75, 3.05) is 0 Å². The Morgan fingerprint density at radius 1 is 1.18 bits per heavy atom. The summed E-state index contributed by atoms with van der Waals surface area (Å²) in [6.07, 6.45) is 8.85. The lowest BCUT2D eigenvalue weighted by atomic mass is 10.0. The first-order valence-electron chi connectivity index (χ1n) is 6.64. The average molecular weight is 224 g/mol. The molecule has 0 saturated heterocycles. The lowest BCUT2D eigenvalue weighted by Gasteiger charge is -2.03. The molecule has 0 heterocycles. The minimum Gasteiger partial charge on any atom is -0.0903 e. The van der Waals surface area contributed by atoms with Gasteiger partial charge in [-0.15, -0.1) is 0 Å². The zero-order valence-corrected chi connectivity index (χ0v) is 10.6. The Kier molecular flexibility index (Phi) is 4.45. The highest BCUT2D eigenvalue weighted by Crippen LogP contribution is 2.25. The Morgan fingerprint density at radius 2 is 1.88 bits per heavy atom. The zero-order chi connectivity index (χ0) is 11.9. The topological polar surface area (TPSA) is 0 Å². The van der Waals surface area contributed by atoms with Gasteiger partial charge in [0.1, 0.15) is 0 Å². The largest absolute Gasteiger partial charge is 0.0903 e. The van der Waals surface area contributed by atoms with E-state index in [1.54, 1.807) is 5.57 Å². The minimum absolute atomic E-state index is 0.434. The van der Waals surface area contributed by atoms with Crippen LogP contribution in [0.25, 0.3) is 0 Å². The quantitative estimate of drug-likeness (QED) is 0.510. The average Bonchev–Trinajstić information content (AvgIpc) is 2.88. The van der Waals surface area contributed by atoms with Crippen molar-refractivity contribution in [2.24, 2.45) is 5.92 Å². The molecule has 0 radical (unpaired) electrons. The van der Waals surface area contributed by atoms with Crippen molar-refractivity contribution in [1.29, 1.82) is 0 Å². The van der Waals surface area contributed by atoms with E-state index < -0.39 is 0 Å². The van der Waals surface area contributed by atoms with E-state index in [1.165, 1.54) is 25.7 Å². The van der Waals surface area contributed by atoms with Crippen LogP contribution in [0.5, 0.6) is 0 Å². The zero-order valence-electron chi connectivity index (χ0n) is 10.6. The van der Waals surface area contributed by atoms with Gasteiger partial charge in [-0.25, -0.2) is 0 Å². The molecule has 2 rings (SSSR count). The van der Waals surface area contributed by atoms with Crippen molar-refractivity contribution in [1.82, 2.24) is 0 Å². The van der Waals surface area contributed by atoms with Crippen molar-refractivity contribution < 1.29 is 0 Å². The van der Waals surface area contributed by atoms with Crippen LogP contribution >= 0.6 is 0 Å². The summed E-state index contributed by atoms with van der Waals surface area (Å²) < 4.78 is 0. The molecule has 0 aromatic heterocycles. The number of allylic oxidation sites excluding steroid dienone is 2. The van der Waals surface area contributed by atoms with E-state index in [-0.39, 0.29) is 0 Å². The first-order valence-corrected chi connectivity index (χ1v) is 6.64. The van der Waals surface area contributed by atoms with Crippen LogP contribution in [0.15, 0.2) is 42.0 Å². The molecule has 0 N–H and O–H groups in total. The van der Waals surface area contributed by atoms with E-state index in [9.17, 15) is 0 Å². The van der Waals surface area contributed by atoms with Gasteiger partial charge >= 0.3 is 0 Å². The van der Waals surface area contributed by atoms with Gasteiger partial charge in [0.2, 0.25) is 0 Å². The fourth-order valence-corrected chi connectivity index (χ4v) is 2.24. The summed E-state index contributed by atoms with van der Waals surface area (Å²) in [4.78, 5) is 0. The standard InChI is InChI=1S/C17H20/c1-2-15(14-17-10-6-7-11-17)12-13-16-8-4-3-5-9-16/h3-5,8-9,14-15H,2,6-7,10-11H2,1H3. The Bertz CT molecular complexity index is 420. The third kappa shape index (κ3) is 3.79. The van der Waals surface area contributed by atoms with E-state index in [0.29, 0.717) is 5.92 Å². The summed E-state index contributed by atoms with van der Waals surface area (Å²) in [5.74, 6) is 7.09. The van der Waals surface area contributed by atoms with Crippen LogP contribution in [0.2, 0.25) is 0 Å². The van der Waals surface area contributed by atoms with Crippen LogP contribution in [0.3, 0.4) is 0 Å². The normalized spacial score (nSPS) is 16.2. The molecule has 0 heteroatoms. The maximum Gasteiger partial charge on any atom is 0.0386 e. The van der Waals surface area contributed by atoms with Crippen molar-refractivity contribution in [3.63, 3.8) is 0 Å². The summed E-state index contributed by atoms with van der Waals surface area (Å²) >= 11 is 0. The maximum atomic E-state index is 3.39. The van der Waals surface area contributed by atoms with E-state index in [0.717, 1.165) is 12.0 Å². The Labute approximate surface area is 105 Å². The second-order valence-corrected chi connectivity index (χ2v) is 4.68. The summed E-state index contributed by atoms with van der Waals surface area (Å²) in [5.41, 5.74) is 2.75. The monoisotopic (exact) mass is 224 g/mol. The van der Waals surface area contributed by atoms with Crippen molar-refractivity contribution in [3.8, 4) is 11.8 Å². The third-order valence-corrected chi connectivity index (χ3v) is 3.30. The van der Waals surface area contributed by atoms with Gasteiger partial charge in [0.25, 0.3) is 0 Å². The van der Waals surface area contributed by atoms with Gasteiger partial charge in [0.15, 0.2) is 0 Å². The number of hydrogen-bond donors (Lipinski definition) is 0. The molecule has 0 aliphatic heterocycles. The van der Waals surface area contributed by atoms with Crippen molar-refractivity contribution in [2.45, 2.75) is 39.0 Å². The van der Waals surface area contributed by atoms with Gasteiger partial charge in [0, 0.05) is 11.5 Å². The van der Waals surface area contributed by atoms with E-state index >= 15 is 0 Å². The molecule has 0 spiro atoms. The second-order valence-electron chi connectivity index (χ2n) is 4.68. The SMILES string of the molecule is CCC(C#Cc1ccccc1)C=C1CCCC1. The van der Waals surface area contributed by atoms with Crippen LogP contribution < -0.4 is 0 Å². The molecule has 1 aromatic carbocycles. The summed E-state index contributed by atoms with van der Waals surface area (Å²) in [5, 5.41) is 0. The Hall–Kier alpha value is -1.48. The molecule has 1 fully saturated rings. The predicted molar refractivity (Wildman–Crippen MR) is 73.7 cm³/mol. The van der Waals surface area contributed by atoms with Gasteiger partial charge in [-0.3, -0.25) is 0 Å². The molecular formula is C17H20. The minimum atomic E-state index is 0.434. The third-order valence-electron chi connectivity index (χ3n) is 3.30. The molecule has 88 valence electrons. The van der Waals surface area contributed by atoms with Gasteiger partial charge in [-0.05, 0) is 44.2 Å². The van der Waals surface area contributed by atoms with Gasteiger partial charge in [-0.1, -0.05) is 48.6 Å². The molecule has 1 saturated carbocycles. The molecule has 17 heavy (non-hydrogen) atoms. The summed E-state index contributed by atoms with van der Waals surface area (Å²) in [6.45, 7) is 2.22. The first-order chi connectivity index (χ1) is 8.38. The molecular weight excluding hydrogens is 204 g/mol. The molecule has 0 amide bonds. The fraction of sp³-hybridized carbons (Fsp3) is 0.412. The van der Waals surface area contributed by atoms with Crippen LogP contribution in [0.1, 0.15) is 44.6 Å². The van der Waals surface area contributed by atoms with E-state index in [4.69, 9.17) is 0 Å². The first kappa shape index (κ1) is 12.0. The van der Waals surface area contributed by atoms with Crippen LogP contribution in [-0.2, 0) is 0 Å². The maximum absolute atomic E-state index is 3.39. The lowest BCUT2D eigenvalue weighted by Crippen LogP contribution is -1.91. The molecule has 0 nitrogen and oxygen atoms in total. The van der Waals surface area contributed by atoms with E-state index in [2.05, 4.69) is 37.0 Å². The summed E-state index contributed by atoms with van der Waals surface area (Å²) in [7, 11) is 0. The highest BCUT2D eigenvalue weighted by molar-refractivity contribution is 5.35. The van der Waals surface area contributed by atoms with Gasteiger partial charge in [-0.2, -0.15) is 0 Å². The number of benzene rings is 1. The molecule has 1 atom stereocenters.